The Labute approximate surface area is 519 Å². The van der Waals surface area contributed by atoms with Crippen LogP contribution in [0.4, 0.5) is 11.4 Å². The van der Waals surface area contributed by atoms with E-state index in [1.54, 1.807) is 60.7 Å². The van der Waals surface area contributed by atoms with Crippen molar-refractivity contribution in [3.63, 3.8) is 0 Å². The summed E-state index contributed by atoms with van der Waals surface area (Å²) in [6.45, 7) is 18.8. The molecular weight excluding hydrogens is 1180 g/mol. The number of para-hydroxylation sites is 2. The van der Waals surface area contributed by atoms with Crippen LogP contribution in [-0.4, -0.2) is 152 Å². The van der Waals surface area contributed by atoms with E-state index >= 15 is 0 Å². The molecule has 0 atom stereocenters. The average molecular weight is 1240 g/mol. The van der Waals surface area contributed by atoms with E-state index in [1.165, 1.54) is 0 Å². The van der Waals surface area contributed by atoms with Gasteiger partial charge in [0.25, 0.3) is 23.6 Å². The summed E-state index contributed by atoms with van der Waals surface area (Å²) in [7, 11) is 25.4. The number of anilines is 2. The molecule has 7 aromatic rings. The van der Waals surface area contributed by atoms with Gasteiger partial charge in [0.15, 0.2) is 0 Å². The second kappa shape index (κ2) is 27.2. The van der Waals surface area contributed by atoms with Crippen LogP contribution in [0.2, 0.25) is 0 Å². The second-order valence-electron chi connectivity index (χ2n) is 20.4. The molecule has 4 radical (unpaired) electrons. The van der Waals surface area contributed by atoms with Crippen LogP contribution in [0.15, 0.2) is 84.9 Å². The number of fused-ring (bicyclic) bond motifs is 2. The summed E-state index contributed by atoms with van der Waals surface area (Å²) < 4.78 is 3.83. The Hall–Kier alpha value is -1.62. The first-order valence-electron chi connectivity index (χ1n) is 21.9. The summed E-state index contributed by atoms with van der Waals surface area (Å²) in [5.41, 5.74) is 2.21. The molecule has 2 aliphatic heterocycles. The van der Waals surface area contributed by atoms with Crippen molar-refractivity contribution in [2.45, 2.75) is 0 Å². The third-order valence-corrected chi connectivity index (χ3v) is 11.0. The first-order valence-corrected chi connectivity index (χ1v) is 21.9. The Bertz CT molecular complexity index is 2540. The fourth-order valence-corrected chi connectivity index (χ4v) is 6.62. The third-order valence-electron chi connectivity index (χ3n) is 11.0. The monoisotopic (exact) mass is 1240 g/mol. The topological polar surface area (TPSA) is 74.8 Å². The van der Waals surface area contributed by atoms with Gasteiger partial charge in [-0.1, -0.05) is 24.3 Å². The fraction of sp³-hybridized carbons (Fsp3) is 0.286. The molecule has 9 rings (SSSR count). The molecule has 14 heteroatoms. The number of benzene rings is 7. The Kier molecular flexibility index (Phi) is 25.8. The van der Waals surface area contributed by atoms with Crippen LogP contribution in [0, 0.1) is 52.0 Å². The molecule has 0 aliphatic carbocycles. The maximum Gasteiger partial charge on any atom is 0.262 e. The molecule has 360 valence electrons. The number of quaternary nitrogens is 4. The zero-order valence-corrected chi connectivity index (χ0v) is 54.7. The quantitative estimate of drug-likeness (QED) is 0.0550. The summed E-state index contributed by atoms with van der Waals surface area (Å²) in [6.07, 6.45) is 0. The number of carbonyl (C=O) groups excluding carboxylic acids is 4. The van der Waals surface area contributed by atoms with E-state index in [4.69, 9.17) is 0 Å². The van der Waals surface area contributed by atoms with E-state index in [1.807, 2.05) is 24.3 Å². The van der Waals surface area contributed by atoms with Gasteiger partial charge in [0, 0.05) is 164 Å². The number of hydrogen-bond donors (Lipinski definition) is 0. The molecule has 4 amide bonds. The Morgan fingerprint density at radius 3 is 0.714 bits per heavy atom. The molecule has 0 fully saturated rings. The van der Waals surface area contributed by atoms with E-state index in [-0.39, 0.29) is 142 Å². The molecule has 7 aromatic carbocycles. The molecule has 0 aromatic heterocycles. The van der Waals surface area contributed by atoms with Gasteiger partial charge in [-0.25, -0.2) is 0 Å². The Balaban J connectivity index is 0.000000734. The fourth-order valence-electron chi connectivity index (χ4n) is 6.62. The van der Waals surface area contributed by atoms with Crippen molar-refractivity contribution in [1.82, 2.24) is 0 Å². The van der Waals surface area contributed by atoms with Crippen molar-refractivity contribution in [3.8, 4) is 0 Å². The van der Waals surface area contributed by atoms with Crippen LogP contribution in [0.3, 0.4) is 0 Å². The minimum atomic E-state index is -0.434. The molecule has 0 saturated carbocycles. The Morgan fingerprint density at radius 2 is 0.543 bits per heavy atom. The number of rotatable bonds is 6. The van der Waals surface area contributed by atoms with Crippen molar-refractivity contribution in [2.24, 2.45) is 0 Å². The summed E-state index contributed by atoms with van der Waals surface area (Å²) in [4.78, 5) is 57.1. The van der Waals surface area contributed by atoms with Crippen LogP contribution in [0.25, 0.3) is 43.1 Å². The van der Waals surface area contributed by atoms with E-state index in [2.05, 4.69) is 137 Å². The normalized spacial score (nSPS) is 13.0. The van der Waals surface area contributed by atoms with E-state index in [0.717, 1.165) is 86.2 Å². The van der Waals surface area contributed by atoms with Crippen molar-refractivity contribution in [3.05, 3.63) is 159 Å². The average Bonchev–Trinajstić information content (AvgIpc) is 3.27. The maximum absolute atomic E-state index is 13.7. The van der Waals surface area contributed by atoms with Crippen molar-refractivity contribution in [2.75, 3.05) is 121 Å². The molecule has 0 spiro atoms. The first-order chi connectivity index (χ1) is 30.8. The molecule has 0 unspecified atom stereocenters. The summed E-state index contributed by atoms with van der Waals surface area (Å²) >= 11 is 0. The molecule has 70 heavy (non-hydrogen) atoms. The van der Waals surface area contributed by atoms with Crippen LogP contribution in [0.5, 0.6) is 0 Å². The van der Waals surface area contributed by atoms with Gasteiger partial charge >= 0.3 is 0 Å². The van der Waals surface area contributed by atoms with Crippen LogP contribution < -0.4 is 9.80 Å². The first kappa shape index (κ1) is 66.4. The number of hydrogen-bond acceptors (Lipinski definition) is 4. The molecule has 10 nitrogen and oxygen atoms in total. The zero-order chi connectivity index (χ0) is 49.1. The summed E-state index contributed by atoms with van der Waals surface area (Å²) in [5.74, 6) is -1.73. The van der Waals surface area contributed by atoms with Gasteiger partial charge in [-0.15, -0.1) is 0 Å². The molecule has 2 heterocycles. The Morgan fingerprint density at radius 1 is 0.357 bits per heavy atom. The van der Waals surface area contributed by atoms with Gasteiger partial charge in [0.1, 0.15) is 0 Å². The van der Waals surface area contributed by atoms with Crippen molar-refractivity contribution in [1.29, 1.82) is 0 Å². The van der Waals surface area contributed by atoms with Gasteiger partial charge in [0.05, 0.1) is 84.6 Å². The van der Waals surface area contributed by atoms with Gasteiger partial charge < -0.3 is 42.2 Å². The number of amides is 4. The third kappa shape index (κ3) is 15.7. The number of imide groups is 2. The predicted octanol–water partition coefficient (Wildman–Crippen LogP) is 8.64. The van der Waals surface area contributed by atoms with Gasteiger partial charge in [-0.3, -0.25) is 93.1 Å². The second-order valence-corrected chi connectivity index (χ2v) is 20.4. The van der Waals surface area contributed by atoms with Gasteiger partial charge in [0.2, 0.25) is 0 Å². The van der Waals surface area contributed by atoms with E-state index < -0.39 is 23.6 Å². The van der Waals surface area contributed by atoms with E-state index in [0.29, 0.717) is 33.0 Å². The summed E-state index contributed by atoms with van der Waals surface area (Å²) in [6, 6.07) is 36.3. The number of carbonyl (C=O) groups is 4. The summed E-state index contributed by atoms with van der Waals surface area (Å²) in [5, 5.41) is 6.13. The molecule has 2 aliphatic rings. The molecule has 0 saturated heterocycles. The minimum absolute atomic E-state index is 0. The SMILES string of the molecule is O=C1c2ccc3c4ccc5c6c(ccc(c7ccc(c2c37)C(=O)N1c1[c-]ccc[c-]1)c64)C(=O)N(c1[c-]ccc[c-]1)C5=O.[CH2-]C[N+](C)(C)C.[CH2-]C[N+](C)(C)C.[CH2-]C[N+](C)(C)C.[CH2-]C[N+](C)(C)C.[Y].[Y].[Y].[Y]. The van der Waals surface area contributed by atoms with Crippen LogP contribution in [0.1, 0.15) is 41.4 Å². The standard InChI is InChI=1S/C36H14N2O4.4C5H13N.4Y/c39-33-25-15-11-21-23-13-17-27-32-28(36(42)38(35(27)41)20-9-5-2-6-10-20)18-14-24(30(23)32)22-12-16-26(31(25)29(21)22)34(40)37(33)19-7-3-1-4-8-19;4*1-5-6(2,3)4;;;;/h1-6,11-18H;4*1,5H2,2-4H3;;;;/q-4;;;;;;;;. The zero-order valence-electron chi connectivity index (χ0n) is 43.4. The smallest absolute Gasteiger partial charge is 0.262 e. The minimum Gasteiger partial charge on any atom is -0.356 e. The largest absolute Gasteiger partial charge is 0.356 e. The number of nitrogens with zero attached hydrogens (tertiary/aromatic N) is 6. The van der Waals surface area contributed by atoms with Gasteiger partial charge in [-0.05, 0) is 82.8 Å². The van der Waals surface area contributed by atoms with Gasteiger partial charge in [-0.2, -0.15) is 11.4 Å². The molecule has 0 N–H and O–H groups in total. The van der Waals surface area contributed by atoms with Crippen molar-refractivity contribution >= 4 is 78.1 Å². The van der Waals surface area contributed by atoms with Crippen LogP contribution in [-0.2, 0) is 131 Å². The molecular formula is C56H66N6O4Y4-4. The predicted molar refractivity (Wildman–Crippen MR) is 271 cm³/mol. The van der Waals surface area contributed by atoms with Crippen LogP contribution >= 0.6 is 0 Å². The van der Waals surface area contributed by atoms with Crippen molar-refractivity contribution < 1.29 is 168 Å². The molecule has 0 bridgehead atoms. The van der Waals surface area contributed by atoms with E-state index in [9.17, 15) is 19.2 Å². The maximum atomic E-state index is 13.7.